The van der Waals surface area contributed by atoms with Crippen molar-refractivity contribution in [3.05, 3.63) is 89.1 Å². The highest BCUT2D eigenvalue weighted by molar-refractivity contribution is 7.91. The number of carboxylic acids is 1. The molecule has 0 fully saturated rings. The summed E-state index contributed by atoms with van der Waals surface area (Å²) < 4.78 is 35.5. The Kier molecular flexibility index (Phi) is 13.1. The van der Waals surface area contributed by atoms with E-state index in [1.165, 1.54) is 31.3 Å². The quantitative estimate of drug-likeness (QED) is 0.125. The molecule has 0 bridgehead atoms. The van der Waals surface area contributed by atoms with Gasteiger partial charge in [0.15, 0.2) is 21.7 Å². The number of anilines is 3. The molecule has 0 spiro atoms. The number of ether oxygens (including phenoxy) is 2. The Balaban J connectivity index is 1.48. The van der Waals surface area contributed by atoms with Gasteiger partial charge in [0.05, 0.1) is 16.2 Å². The lowest BCUT2D eigenvalue weighted by molar-refractivity contribution is -0.138. The smallest absolute Gasteiger partial charge is 0.425 e. The third-order valence-corrected chi connectivity index (χ3v) is 10.1. The van der Waals surface area contributed by atoms with E-state index in [0.717, 1.165) is 16.0 Å². The maximum absolute atomic E-state index is 13.3. The molecule has 1 aromatic heterocycles. The first-order valence-electron chi connectivity index (χ1n) is 17.9. The molecular formula is C41H47N5O9S. The summed E-state index contributed by atoms with van der Waals surface area (Å²) in [6, 6.07) is 16.8. The van der Waals surface area contributed by atoms with Gasteiger partial charge in [-0.15, -0.1) is 0 Å². The minimum Gasteiger partial charge on any atom is -0.479 e. The summed E-state index contributed by atoms with van der Waals surface area (Å²) in [4.78, 5) is 56.8. The molecule has 1 unspecified atom stereocenters. The molecule has 3 N–H and O–H groups in total. The number of carbonyl (C=O) groups excluding carboxylic acids is 3. The summed E-state index contributed by atoms with van der Waals surface area (Å²) in [5, 5.41) is 26.4. The first-order valence-corrected chi connectivity index (χ1v) is 19.6. The van der Waals surface area contributed by atoms with Crippen LogP contribution in [0, 0.1) is 18.3 Å². The third kappa shape index (κ3) is 11.0. The first-order chi connectivity index (χ1) is 26.1. The van der Waals surface area contributed by atoms with Crippen molar-refractivity contribution in [2.75, 3.05) is 21.3 Å². The van der Waals surface area contributed by atoms with E-state index in [4.69, 9.17) is 9.47 Å². The molecule has 0 aliphatic rings. The van der Waals surface area contributed by atoms with Gasteiger partial charge < -0.3 is 25.2 Å². The first kappa shape index (κ1) is 42.7. The predicted molar refractivity (Wildman–Crippen MR) is 212 cm³/mol. The van der Waals surface area contributed by atoms with Crippen LogP contribution in [-0.2, 0) is 35.3 Å². The third-order valence-electron chi connectivity index (χ3n) is 8.31. The maximum Gasteiger partial charge on any atom is 0.425 e. The van der Waals surface area contributed by atoms with Crippen LogP contribution in [0.5, 0.6) is 0 Å². The molecule has 3 amide bonds. The Bertz CT molecular complexity index is 2280. The summed E-state index contributed by atoms with van der Waals surface area (Å²) in [6.45, 7) is 13.4. The van der Waals surface area contributed by atoms with E-state index in [9.17, 15) is 38.0 Å². The van der Waals surface area contributed by atoms with Crippen molar-refractivity contribution in [3.63, 3.8) is 0 Å². The van der Waals surface area contributed by atoms with Gasteiger partial charge in [0, 0.05) is 29.4 Å². The molecule has 1 atom stereocenters. The number of hydrogen-bond donors (Lipinski definition) is 3. The number of fused-ring (bicyclic) bond motifs is 1. The molecule has 56 heavy (non-hydrogen) atoms. The number of rotatable bonds is 12. The van der Waals surface area contributed by atoms with E-state index in [2.05, 4.69) is 15.6 Å². The van der Waals surface area contributed by atoms with Gasteiger partial charge in [-0.2, -0.15) is 10.2 Å². The van der Waals surface area contributed by atoms with Crippen molar-refractivity contribution in [1.82, 2.24) is 4.98 Å². The van der Waals surface area contributed by atoms with Gasteiger partial charge in [0.2, 0.25) is 5.91 Å². The van der Waals surface area contributed by atoms with Crippen LogP contribution >= 0.6 is 0 Å². The number of nitrogens with one attached hydrogen (secondary N) is 2. The number of pyridine rings is 1. The number of imide groups is 1. The number of nitrogens with zero attached hydrogens (tertiary/aromatic N) is 3. The Morgan fingerprint density at radius 2 is 1.55 bits per heavy atom. The Hall–Kier alpha value is -6.01. The number of aliphatic carboxylic acids is 1. The van der Waals surface area contributed by atoms with Gasteiger partial charge in [-0.1, -0.05) is 25.1 Å². The zero-order valence-electron chi connectivity index (χ0n) is 32.7. The van der Waals surface area contributed by atoms with Crippen LogP contribution in [-0.4, -0.2) is 59.5 Å². The highest BCUT2D eigenvalue weighted by atomic mass is 32.2. The van der Waals surface area contributed by atoms with Crippen molar-refractivity contribution in [2.45, 2.75) is 96.8 Å². The number of carboxylic acid groups (broad SMARTS) is 1. The van der Waals surface area contributed by atoms with Crippen LogP contribution < -0.4 is 15.5 Å². The molecule has 0 aliphatic carbocycles. The molecule has 14 nitrogen and oxygen atoms in total. The normalized spacial score (nSPS) is 12.3. The van der Waals surface area contributed by atoms with E-state index in [1.807, 2.05) is 19.1 Å². The second-order valence-electron chi connectivity index (χ2n) is 15.1. The Morgan fingerprint density at radius 1 is 0.911 bits per heavy atom. The average Bonchev–Trinajstić information content (AvgIpc) is 3.09. The van der Waals surface area contributed by atoms with E-state index >= 15 is 0 Å². The Morgan fingerprint density at radius 3 is 2.12 bits per heavy atom. The van der Waals surface area contributed by atoms with Crippen molar-refractivity contribution < 1.29 is 42.2 Å². The van der Waals surface area contributed by atoms with Crippen LogP contribution in [0.3, 0.4) is 0 Å². The highest BCUT2D eigenvalue weighted by Crippen LogP contribution is 2.31. The molecule has 1 heterocycles. The SMILES string of the molecule is CCS(=O)(=O)c1ccc(NC(=O)CCCc2ccc(C(Nc3ccc4c(N(C(=O)OC(C)(C)C)C(=O)OC(C)(C)C)nccc4c3)C(=O)O)cc2C)cc1C#N. The summed E-state index contributed by atoms with van der Waals surface area (Å²) in [6.07, 6.45) is 0.661. The number of aromatic nitrogens is 1. The zero-order valence-corrected chi connectivity index (χ0v) is 33.5. The second kappa shape index (κ2) is 17.2. The van der Waals surface area contributed by atoms with Gasteiger partial charge in [0.1, 0.15) is 17.3 Å². The summed E-state index contributed by atoms with van der Waals surface area (Å²) in [5.74, 6) is -1.58. The summed E-state index contributed by atoms with van der Waals surface area (Å²) in [7, 11) is -3.59. The molecular weight excluding hydrogens is 739 g/mol. The van der Waals surface area contributed by atoms with Gasteiger partial charge in [0.25, 0.3) is 0 Å². The van der Waals surface area contributed by atoms with E-state index in [-0.39, 0.29) is 34.4 Å². The summed E-state index contributed by atoms with van der Waals surface area (Å²) in [5.41, 5.74) is 1.17. The van der Waals surface area contributed by atoms with Crippen LogP contribution in [0.15, 0.2) is 71.8 Å². The topological polar surface area (TPSA) is 205 Å². The molecule has 4 rings (SSSR count). The number of benzene rings is 3. The van der Waals surface area contributed by atoms with Crippen molar-refractivity contribution in [2.24, 2.45) is 0 Å². The molecule has 4 aromatic rings. The van der Waals surface area contributed by atoms with E-state index in [0.29, 0.717) is 40.6 Å². The number of carbonyl (C=O) groups is 4. The monoisotopic (exact) mass is 785 g/mol. The largest absolute Gasteiger partial charge is 0.479 e. The minimum absolute atomic E-state index is 0.0112. The van der Waals surface area contributed by atoms with E-state index < -0.39 is 45.2 Å². The van der Waals surface area contributed by atoms with Gasteiger partial charge in [-0.05, 0) is 126 Å². The van der Waals surface area contributed by atoms with Crippen LogP contribution in [0.25, 0.3) is 10.8 Å². The van der Waals surface area contributed by atoms with Crippen LogP contribution in [0.1, 0.15) is 89.6 Å². The number of nitriles is 1. The van der Waals surface area contributed by atoms with Gasteiger partial charge in [-0.25, -0.2) is 27.8 Å². The highest BCUT2D eigenvalue weighted by Gasteiger charge is 2.34. The second-order valence-corrected chi connectivity index (χ2v) is 17.3. The lowest BCUT2D eigenvalue weighted by Crippen LogP contribution is -2.44. The number of amides is 3. The van der Waals surface area contributed by atoms with Crippen LogP contribution in [0.4, 0.5) is 26.8 Å². The summed E-state index contributed by atoms with van der Waals surface area (Å²) >= 11 is 0. The zero-order chi connectivity index (χ0) is 41.6. The standard InChI is InChI=1S/C41H47N5O9S/c1-9-56(52,53)33-18-16-30(23-29(33)24-42)44-34(47)12-10-11-26-13-14-28(21-25(26)2)35(37(48)49)45-31-15-17-32-27(22-31)19-20-43-36(32)46(38(50)54-40(3,4)5)39(51)55-41(6,7)8/h13-23,35,45H,9-12H2,1-8H3,(H,44,47)(H,48,49). The molecule has 0 saturated heterocycles. The van der Waals surface area contributed by atoms with Crippen molar-refractivity contribution in [3.8, 4) is 6.07 Å². The lowest BCUT2D eigenvalue weighted by atomic mass is 9.97. The van der Waals surface area contributed by atoms with Gasteiger partial charge in [-0.3, -0.25) is 4.79 Å². The lowest BCUT2D eigenvalue weighted by Gasteiger charge is -2.28. The van der Waals surface area contributed by atoms with Crippen LogP contribution in [0.2, 0.25) is 0 Å². The Labute approximate surface area is 326 Å². The van der Waals surface area contributed by atoms with Crippen molar-refractivity contribution >= 4 is 61.9 Å². The fourth-order valence-electron chi connectivity index (χ4n) is 5.71. The maximum atomic E-state index is 13.3. The minimum atomic E-state index is -3.59. The number of aryl methyl sites for hydroxylation is 2. The number of hydrogen-bond acceptors (Lipinski definition) is 11. The fraction of sp³-hybridized carbons (Fsp3) is 0.366. The molecule has 3 aromatic carbocycles. The van der Waals surface area contributed by atoms with Gasteiger partial charge >= 0.3 is 18.2 Å². The average molecular weight is 786 g/mol. The molecule has 0 saturated carbocycles. The number of sulfone groups is 1. The molecule has 296 valence electrons. The molecule has 15 heteroatoms. The predicted octanol–water partition coefficient (Wildman–Crippen LogP) is 8.08. The fourth-order valence-corrected chi connectivity index (χ4v) is 6.74. The molecule has 0 radical (unpaired) electrons. The van der Waals surface area contributed by atoms with E-state index in [1.54, 1.807) is 77.9 Å². The molecule has 0 aliphatic heterocycles. The van der Waals surface area contributed by atoms with Crippen molar-refractivity contribution in [1.29, 1.82) is 5.26 Å².